The molecular weight excluding hydrogens is 246 g/mol. The van der Waals surface area contributed by atoms with Crippen LogP contribution >= 0.6 is 22.9 Å². The molecule has 0 aliphatic heterocycles. The average molecular weight is 256 g/mol. The fourth-order valence-corrected chi connectivity index (χ4v) is 2.29. The third-order valence-electron chi connectivity index (χ3n) is 1.97. The van der Waals surface area contributed by atoms with E-state index in [2.05, 4.69) is 10.3 Å². The van der Waals surface area contributed by atoms with Crippen LogP contribution in [0.2, 0.25) is 5.02 Å². The first-order valence-corrected chi connectivity index (χ1v) is 5.80. The molecule has 2 aromatic rings. The molecular formula is C10H10ClN3OS. The molecule has 2 rings (SSSR count). The number of fused-ring (bicyclic) bond motifs is 1. The Morgan fingerprint density at radius 1 is 1.50 bits per heavy atom. The first kappa shape index (κ1) is 11.2. The van der Waals surface area contributed by atoms with Crippen molar-refractivity contribution in [1.82, 2.24) is 9.88 Å². The molecule has 6 heteroatoms. The molecule has 4 nitrogen and oxygen atoms in total. The number of nitrogens with one attached hydrogen (secondary N) is 1. The van der Waals surface area contributed by atoms with Crippen LogP contribution in [0.25, 0.3) is 10.2 Å². The Bertz CT molecular complexity index is 538. The molecule has 1 N–H and O–H groups in total. The molecule has 0 aliphatic carbocycles. The van der Waals surface area contributed by atoms with Crippen molar-refractivity contribution < 1.29 is 4.79 Å². The topological polar surface area (TPSA) is 45.2 Å². The Hall–Kier alpha value is -1.33. The van der Waals surface area contributed by atoms with Crippen molar-refractivity contribution in [2.24, 2.45) is 0 Å². The number of urea groups is 1. The summed E-state index contributed by atoms with van der Waals surface area (Å²) >= 11 is 7.27. The van der Waals surface area contributed by atoms with Crippen LogP contribution in [-0.4, -0.2) is 30.0 Å². The number of hydrogen-bond acceptors (Lipinski definition) is 3. The lowest BCUT2D eigenvalue weighted by atomic mass is 10.3. The lowest BCUT2D eigenvalue weighted by Crippen LogP contribution is -2.27. The largest absolute Gasteiger partial charge is 0.331 e. The van der Waals surface area contributed by atoms with Gasteiger partial charge < -0.3 is 4.90 Å². The van der Waals surface area contributed by atoms with Crippen molar-refractivity contribution in [3.63, 3.8) is 0 Å². The van der Waals surface area contributed by atoms with Gasteiger partial charge in [0.1, 0.15) is 0 Å². The zero-order valence-electron chi connectivity index (χ0n) is 8.82. The van der Waals surface area contributed by atoms with Gasteiger partial charge in [-0.25, -0.2) is 9.78 Å². The normalized spacial score (nSPS) is 10.4. The quantitative estimate of drug-likeness (QED) is 0.851. The standard InChI is InChI=1S/C10H10ClN3OS/c1-14(2)10(15)13-9-12-7-4-3-6(11)5-8(7)16-9/h3-5H,1-2H3,(H,12,13,15). The summed E-state index contributed by atoms with van der Waals surface area (Å²) in [6, 6.07) is 5.26. The molecule has 0 radical (unpaired) electrons. The fraction of sp³-hybridized carbons (Fsp3) is 0.200. The van der Waals surface area contributed by atoms with Crippen LogP contribution in [0.1, 0.15) is 0 Å². The molecule has 0 bridgehead atoms. The van der Waals surface area contributed by atoms with E-state index in [9.17, 15) is 4.79 Å². The van der Waals surface area contributed by atoms with E-state index in [0.717, 1.165) is 10.2 Å². The molecule has 1 aromatic heterocycles. The predicted octanol–water partition coefficient (Wildman–Crippen LogP) is 3.04. The van der Waals surface area contributed by atoms with E-state index >= 15 is 0 Å². The summed E-state index contributed by atoms with van der Waals surface area (Å²) in [6.07, 6.45) is 0. The van der Waals surface area contributed by atoms with Gasteiger partial charge in [0, 0.05) is 19.1 Å². The number of benzene rings is 1. The van der Waals surface area contributed by atoms with E-state index in [1.165, 1.54) is 16.2 Å². The van der Waals surface area contributed by atoms with Crippen LogP contribution in [0.4, 0.5) is 9.93 Å². The molecule has 16 heavy (non-hydrogen) atoms. The van der Waals surface area contributed by atoms with Crippen LogP contribution < -0.4 is 5.32 Å². The average Bonchev–Trinajstić information content (AvgIpc) is 2.58. The van der Waals surface area contributed by atoms with E-state index < -0.39 is 0 Å². The summed E-state index contributed by atoms with van der Waals surface area (Å²) in [5, 5.41) is 3.95. The number of anilines is 1. The second kappa shape index (κ2) is 4.27. The van der Waals surface area contributed by atoms with Gasteiger partial charge in [-0.05, 0) is 18.2 Å². The molecule has 0 aliphatic rings. The first-order valence-electron chi connectivity index (χ1n) is 4.60. The zero-order valence-corrected chi connectivity index (χ0v) is 10.4. The number of aromatic nitrogens is 1. The summed E-state index contributed by atoms with van der Waals surface area (Å²) < 4.78 is 0.960. The van der Waals surface area contributed by atoms with Gasteiger partial charge in [-0.1, -0.05) is 22.9 Å². The molecule has 0 fully saturated rings. The summed E-state index contributed by atoms with van der Waals surface area (Å²) in [5.74, 6) is 0. The summed E-state index contributed by atoms with van der Waals surface area (Å²) in [5.41, 5.74) is 0.837. The third-order valence-corrected chi connectivity index (χ3v) is 3.14. The highest BCUT2D eigenvalue weighted by Gasteiger charge is 2.08. The highest BCUT2D eigenvalue weighted by Crippen LogP contribution is 2.28. The smallest absolute Gasteiger partial charge is 0.323 e. The SMILES string of the molecule is CN(C)C(=O)Nc1nc2ccc(Cl)cc2s1. The summed E-state index contributed by atoms with van der Waals surface area (Å²) in [7, 11) is 3.36. The van der Waals surface area contributed by atoms with Crippen molar-refractivity contribution >= 4 is 44.3 Å². The Morgan fingerprint density at radius 2 is 2.25 bits per heavy atom. The van der Waals surface area contributed by atoms with Crippen molar-refractivity contribution in [2.75, 3.05) is 19.4 Å². The first-order chi connectivity index (χ1) is 7.56. The Labute approximate surface area is 102 Å². The summed E-state index contributed by atoms with van der Waals surface area (Å²) in [4.78, 5) is 17.1. The number of nitrogens with zero attached hydrogens (tertiary/aromatic N) is 2. The summed E-state index contributed by atoms with van der Waals surface area (Å²) in [6.45, 7) is 0. The van der Waals surface area contributed by atoms with Crippen LogP contribution in [-0.2, 0) is 0 Å². The number of carbonyl (C=O) groups is 1. The number of thiazole rings is 1. The molecule has 0 saturated heterocycles. The second-order valence-electron chi connectivity index (χ2n) is 3.46. The minimum absolute atomic E-state index is 0.190. The number of halogens is 1. The molecule has 1 heterocycles. The maximum absolute atomic E-state index is 11.4. The van der Waals surface area contributed by atoms with Crippen molar-refractivity contribution in [3.8, 4) is 0 Å². The van der Waals surface area contributed by atoms with Crippen LogP contribution in [0.3, 0.4) is 0 Å². The van der Waals surface area contributed by atoms with Crippen LogP contribution in [0.5, 0.6) is 0 Å². The molecule has 1 aromatic carbocycles. The van der Waals surface area contributed by atoms with Crippen LogP contribution in [0.15, 0.2) is 18.2 Å². The molecule has 0 unspecified atom stereocenters. The number of carbonyl (C=O) groups excluding carboxylic acids is 1. The van der Waals surface area contributed by atoms with Gasteiger partial charge in [0.15, 0.2) is 5.13 Å². The van der Waals surface area contributed by atoms with Crippen molar-refractivity contribution in [2.45, 2.75) is 0 Å². The minimum atomic E-state index is -0.190. The molecule has 84 valence electrons. The fourth-order valence-electron chi connectivity index (χ4n) is 1.16. The lowest BCUT2D eigenvalue weighted by Gasteiger charge is -2.08. The highest BCUT2D eigenvalue weighted by atomic mass is 35.5. The van der Waals surface area contributed by atoms with Crippen molar-refractivity contribution in [3.05, 3.63) is 23.2 Å². The van der Waals surface area contributed by atoms with Gasteiger partial charge in [0.2, 0.25) is 0 Å². The van der Waals surface area contributed by atoms with E-state index in [-0.39, 0.29) is 6.03 Å². The molecule has 0 spiro atoms. The number of rotatable bonds is 1. The zero-order chi connectivity index (χ0) is 11.7. The van der Waals surface area contributed by atoms with Gasteiger partial charge in [0.05, 0.1) is 10.2 Å². The van der Waals surface area contributed by atoms with Gasteiger partial charge in [-0.3, -0.25) is 5.32 Å². The van der Waals surface area contributed by atoms with E-state index in [1.807, 2.05) is 12.1 Å². The lowest BCUT2D eigenvalue weighted by molar-refractivity contribution is 0.230. The van der Waals surface area contributed by atoms with E-state index in [0.29, 0.717) is 10.2 Å². The second-order valence-corrected chi connectivity index (χ2v) is 4.92. The minimum Gasteiger partial charge on any atom is -0.331 e. The Balaban J connectivity index is 2.29. The maximum atomic E-state index is 11.4. The van der Waals surface area contributed by atoms with Gasteiger partial charge in [-0.15, -0.1) is 0 Å². The van der Waals surface area contributed by atoms with E-state index in [4.69, 9.17) is 11.6 Å². The van der Waals surface area contributed by atoms with Gasteiger partial charge in [-0.2, -0.15) is 0 Å². The number of hydrogen-bond donors (Lipinski definition) is 1. The Kier molecular flexibility index (Phi) is 2.98. The number of amides is 2. The predicted molar refractivity (Wildman–Crippen MR) is 67.3 cm³/mol. The van der Waals surface area contributed by atoms with Crippen molar-refractivity contribution in [1.29, 1.82) is 0 Å². The molecule has 0 atom stereocenters. The maximum Gasteiger partial charge on any atom is 0.323 e. The molecule has 2 amide bonds. The molecule has 0 saturated carbocycles. The monoisotopic (exact) mass is 255 g/mol. The highest BCUT2D eigenvalue weighted by molar-refractivity contribution is 7.22. The van der Waals surface area contributed by atoms with Gasteiger partial charge >= 0.3 is 6.03 Å². The Morgan fingerprint density at radius 3 is 2.94 bits per heavy atom. The van der Waals surface area contributed by atoms with Gasteiger partial charge in [0.25, 0.3) is 0 Å². The van der Waals surface area contributed by atoms with Crippen LogP contribution in [0, 0.1) is 0 Å². The third kappa shape index (κ3) is 2.25. The van der Waals surface area contributed by atoms with E-state index in [1.54, 1.807) is 20.2 Å².